The summed E-state index contributed by atoms with van der Waals surface area (Å²) in [6.45, 7) is 4.00. The summed E-state index contributed by atoms with van der Waals surface area (Å²) >= 11 is 0. The maximum absolute atomic E-state index is 14.1. The first-order chi connectivity index (χ1) is 23.6. The van der Waals surface area contributed by atoms with Crippen molar-refractivity contribution in [2.45, 2.75) is 57.7 Å². The van der Waals surface area contributed by atoms with Gasteiger partial charge < -0.3 is 20.3 Å². The Balaban J connectivity index is 1.28. The first-order valence-corrected chi connectivity index (χ1v) is 16.6. The van der Waals surface area contributed by atoms with Gasteiger partial charge in [-0.15, -0.1) is 0 Å². The van der Waals surface area contributed by atoms with E-state index in [-0.39, 0.29) is 35.4 Å². The van der Waals surface area contributed by atoms with Gasteiger partial charge in [0.1, 0.15) is 23.8 Å². The van der Waals surface area contributed by atoms with Crippen LogP contribution in [-0.2, 0) is 6.18 Å². The maximum Gasteiger partial charge on any atom is 0.421 e. The molecule has 1 aromatic heterocycles. The number of benzene rings is 2. The van der Waals surface area contributed by atoms with E-state index in [9.17, 15) is 27.2 Å². The summed E-state index contributed by atoms with van der Waals surface area (Å²) < 4.78 is 61.2. The predicted octanol–water partition coefficient (Wildman–Crippen LogP) is 6.72. The fourth-order valence-corrected chi connectivity index (χ4v) is 6.74. The smallest absolute Gasteiger partial charge is 0.421 e. The van der Waals surface area contributed by atoms with Crippen molar-refractivity contribution in [3.8, 4) is 5.75 Å². The van der Waals surface area contributed by atoms with E-state index in [4.69, 9.17) is 4.74 Å². The third-order valence-electron chi connectivity index (χ3n) is 9.24. The number of piperidine rings is 2. The summed E-state index contributed by atoms with van der Waals surface area (Å²) in [7, 11) is 1.43. The van der Waals surface area contributed by atoms with Crippen LogP contribution in [0.15, 0.2) is 42.6 Å². The van der Waals surface area contributed by atoms with Crippen molar-refractivity contribution in [1.29, 1.82) is 0 Å². The van der Waals surface area contributed by atoms with E-state index in [1.165, 1.54) is 18.1 Å². The minimum atomic E-state index is -4.81. The third kappa shape index (κ3) is 7.13. The number of nitrogens with zero attached hydrogens (tertiary/aromatic N) is 6. The van der Waals surface area contributed by atoms with Crippen LogP contribution in [0.3, 0.4) is 0 Å². The van der Waals surface area contributed by atoms with Crippen LogP contribution in [0.5, 0.6) is 5.75 Å². The van der Waals surface area contributed by atoms with Crippen LogP contribution in [0.2, 0.25) is 0 Å². The monoisotopic (exact) mass is 684 g/mol. The molecular weight excluding hydrogens is 644 g/mol. The maximum atomic E-state index is 14.1. The van der Waals surface area contributed by atoms with Crippen LogP contribution in [-0.4, -0.2) is 88.3 Å². The van der Waals surface area contributed by atoms with E-state index in [0.717, 1.165) is 64.7 Å². The van der Waals surface area contributed by atoms with E-state index in [1.807, 2.05) is 0 Å². The summed E-state index contributed by atoms with van der Waals surface area (Å²) in [5.41, 5.74) is 0.431. The summed E-state index contributed by atoms with van der Waals surface area (Å²) in [5, 5.41) is 11.6. The van der Waals surface area contributed by atoms with Crippen molar-refractivity contribution in [2.75, 3.05) is 57.1 Å². The number of hydrazine groups is 2. The van der Waals surface area contributed by atoms with Gasteiger partial charge in [-0.2, -0.15) is 23.3 Å². The Hall–Kier alpha value is -4.50. The lowest BCUT2D eigenvalue weighted by molar-refractivity contribution is -0.160. The highest BCUT2D eigenvalue weighted by Gasteiger charge is 2.38. The molecule has 2 saturated heterocycles. The summed E-state index contributed by atoms with van der Waals surface area (Å²) in [6, 6.07) is 9.18. The molecule has 3 aliphatic heterocycles. The molecule has 2 amide bonds. The summed E-state index contributed by atoms with van der Waals surface area (Å²) in [5.74, 6) is -1.15. The molecular formula is C34H40F4N8O3. The molecule has 1 unspecified atom stereocenters. The fraction of sp³-hybridized carbons (Fsp3) is 0.471. The highest BCUT2D eigenvalue weighted by Crippen LogP contribution is 2.41. The van der Waals surface area contributed by atoms with Crippen LogP contribution in [0, 0.1) is 0 Å². The number of hydrogen-bond donors (Lipinski definition) is 2. The van der Waals surface area contributed by atoms with Gasteiger partial charge in [0.2, 0.25) is 5.95 Å². The topological polar surface area (TPSA) is 106 Å². The molecule has 3 aromatic rings. The van der Waals surface area contributed by atoms with E-state index in [0.29, 0.717) is 23.0 Å². The van der Waals surface area contributed by atoms with Gasteiger partial charge in [0, 0.05) is 44.5 Å². The zero-order valence-electron chi connectivity index (χ0n) is 27.5. The van der Waals surface area contributed by atoms with Crippen molar-refractivity contribution >= 4 is 35.0 Å². The predicted molar refractivity (Wildman–Crippen MR) is 175 cm³/mol. The Labute approximate surface area is 282 Å². The van der Waals surface area contributed by atoms with E-state index >= 15 is 0 Å². The lowest BCUT2D eigenvalue weighted by atomic mass is 10.0. The molecule has 15 heteroatoms. The SMILES string of the molecule is COc1cc(C(=O)N(N2CCCCC2)N2CCCCC2)ccc1Nc1ncc(C(F)(F)F)c(Nc2cccc3c2C(=O)N(CCF)C3C)n1. The average molecular weight is 685 g/mol. The van der Waals surface area contributed by atoms with E-state index in [1.54, 1.807) is 42.4 Å². The van der Waals surface area contributed by atoms with E-state index in [2.05, 4.69) is 30.6 Å². The fourth-order valence-electron chi connectivity index (χ4n) is 6.74. The lowest BCUT2D eigenvalue weighted by Gasteiger charge is -2.45. The van der Waals surface area contributed by atoms with Crippen molar-refractivity contribution in [2.24, 2.45) is 0 Å². The minimum absolute atomic E-state index is 0.110. The molecule has 0 radical (unpaired) electrons. The number of alkyl halides is 4. The first kappa shape index (κ1) is 34.4. The van der Waals surface area contributed by atoms with Gasteiger partial charge in [-0.1, -0.05) is 25.0 Å². The Bertz CT molecular complexity index is 1660. The van der Waals surface area contributed by atoms with Gasteiger partial charge in [-0.25, -0.2) is 19.4 Å². The lowest BCUT2D eigenvalue weighted by Crippen LogP contribution is -2.58. The summed E-state index contributed by atoms with van der Waals surface area (Å²) in [4.78, 5) is 36.6. The van der Waals surface area contributed by atoms with Gasteiger partial charge in [-0.3, -0.25) is 9.59 Å². The molecule has 1 atom stereocenters. The molecule has 262 valence electrons. The number of carbonyl (C=O) groups excluding carboxylic acids is 2. The molecule has 2 N–H and O–H groups in total. The van der Waals surface area contributed by atoms with Crippen LogP contribution in [0.4, 0.5) is 40.7 Å². The highest BCUT2D eigenvalue weighted by atomic mass is 19.4. The molecule has 0 aliphatic carbocycles. The van der Waals surface area contributed by atoms with Crippen molar-refractivity contribution in [3.05, 3.63) is 64.8 Å². The molecule has 4 heterocycles. The van der Waals surface area contributed by atoms with Crippen LogP contribution >= 0.6 is 0 Å². The second kappa shape index (κ2) is 14.5. The molecule has 3 aliphatic rings. The number of halogens is 4. The van der Waals surface area contributed by atoms with Gasteiger partial charge >= 0.3 is 6.18 Å². The Kier molecular flexibility index (Phi) is 10.2. The number of amides is 2. The molecule has 2 aromatic carbocycles. The third-order valence-corrected chi connectivity index (χ3v) is 9.24. The Morgan fingerprint density at radius 3 is 2.27 bits per heavy atom. The van der Waals surface area contributed by atoms with Crippen LogP contribution < -0.4 is 15.4 Å². The van der Waals surface area contributed by atoms with Crippen molar-refractivity contribution < 1.29 is 31.9 Å². The zero-order chi connectivity index (χ0) is 34.7. The average Bonchev–Trinajstić information content (AvgIpc) is 3.34. The number of carbonyl (C=O) groups is 2. The molecule has 49 heavy (non-hydrogen) atoms. The van der Waals surface area contributed by atoms with E-state index < -0.39 is 36.2 Å². The minimum Gasteiger partial charge on any atom is -0.495 e. The number of anilines is 4. The number of fused-ring (bicyclic) bond motifs is 1. The number of hydrogen-bond acceptors (Lipinski definition) is 9. The van der Waals surface area contributed by atoms with Gasteiger partial charge in [-0.05, 0) is 62.4 Å². The normalized spacial score (nSPS) is 18.7. The number of nitrogens with one attached hydrogen (secondary N) is 2. The first-order valence-electron chi connectivity index (χ1n) is 16.6. The molecule has 6 rings (SSSR count). The molecule has 0 saturated carbocycles. The van der Waals surface area contributed by atoms with Gasteiger partial charge in [0.25, 0.3) is 11.8 Å². The van der Waals surface area contributed by atoms with Crippen LogP contribution in [0.1, 0.15) is 83.3 Å². The Morgan fingerprint density at radius 1 is 0.980 bits per heavy atom. The van der Waals surface area contributed by atoms with Crippen molar-refractivity contribution in [3.63, 3.8) is 0 Å². The molecule has 2 fully saturated rings. The molecule has 0 bridgehead atoms. The van der Waals surface area contributed by atoms with Gasteiger partial charge in [0.15, 0.2) is 0 Å². The number of rotatable bonds is 10. The van der Waals surface area contributed by atoms with Crippen LogP contribution in [0.25, 0.3) is 0 Å². The van der Waals surface area contributed by atoms with Crippen molar-refractivity contribution in [1.82, 2.24) is 30.0 Å². The molecule has 11 nitrogen and oxygen atoms in total. The Morgan fingerprint density at radius 2 is 1.65 bits per heavy atom. The number of ether oxygens (including phenoxy) is 1. The number of aromatic nitrogens is 2. The molecule has 0 spiro atoms. The largest absolute Gasteiger partial charge is 0.495 e. The standard InChI is InChI=1S/C34H40F4N8O3/c1-22-24-10-9-11-27(29(24)32(48)45(22)19-14-35)40-30-25(34(36,37)38)21-39-33(42-30)41-26-13-12-23(20-28(26)49-2)31(47)46(43-15-5-3-6-16-43)44-17-7-4-8-18-44/h9-13,20-22H,3-8,14-19H2,1-2H3,(H2,39,40,41,42). The summed E-state index contributed by atoms with van der Waals surface area (Å²) in [6.07, 6.45) is 2.12. The quantitative estimate of drug-likeness (QED) is 0.225. The highest BCUT2D eigenvalue weighted by molar-refractivity contribution is 6.04. The number of methoxy groups -OCH3 is 1. The second-order valence-electron chi connectivity index (χ2n) is 12.4. The second-order valence-corrected chi connectivity index (χ2v) is 12.4. The van der Waals surface area contributed by atoms with Gasteiger partial charge in [0.05, 0.1) is 30.1 Å². The zero-order valence-corrected chi connectivity index (χ0v) is 27.5.